The first-order chi connectivity index (χ1) is 7.70. The lowest BCUT2D eigenvalue weighted by Crippen LogP contribution is -2.53. The third kappa shape index (κ3) is 1.39. The van der Waals surface area contributed by atoms with Crippen LogP contribution in [0.4, 0.5) is 0 Å². The first-order valence-electron chi connectivity index (χ1n) is 6.17. The highest BCUT2D eigenvalue weighted by Gasteiger charge is 2.54. The Morgan fingerprint density at radius 1 is 1.38 bits per heavy atom. The van der Waals surface area contributed by atoms with E-state index in [-0.39, 0.29) is 24.7 Å². The van der Waals surface area contributed by atoms with Crippen LogP contribution in [-0.2, 0) is 9.53 Å². The summed E-state index contributed by atoms with van der Waals surface area (Å²) in [5, 5.41) is 10.2. The summed E-state index contributed by atoms with van der Waals surface area (Å²) in [6.45, 7) is 0.976. The van der Waals surface area contributed by atoms with Crippen LogP contribution < -0.4 is 0 Å². The first-order valence-corrected chi connectivity index (χ1v) is 6.17. The van der Waals surface area contributed by atoms with Crippen molar-refractivity contribution in [1.82, 2.24) is 4.90 Å². The molecule has 2 unspecified atom stereocenters. The van der Waals surface area contributed by atoms with Crippen molar-refractivity contribution in [2.75, 3.05) is 20.3 Å². The van der Waals surface area contributed by atoms with Gasteiger partial charge in [0.15, 0.2) is 0 Å². The molecular weight excluding hydrogens is 206 g/mol. The summed E-state index contributed by atoms with van der Waals surface area (Å²) < 4.78 is 4.92. The van der Waals surface area contributed by atoms with Gasteiger partial charge in [0.1, 0.15) is 6.61 Å². The molecule has 3 rings (SSSR count). The highest BCUT2D eigenvalue weighted by atomic mass is 16.5. The van der Waals surface area contributed by atoms with E-state index in [4.69, 9.17) is 4.74 Å². The van der Waals surface area contributed by atoms with Gasteiger partial charge < -0.3 is 14.7 Å². The minimum Gasteiger partial charge on any atom is -0.391 e. The molecule has 0 spiro atoms. The molecule has 0 aromatic carbocycles. The maximum Gasteiger partial charge on any atom is 0.248 e. The second kappa shape index (κ2) is 3.70. The minimum absolute atomic E-state index is 0.0452. The van der Waals surface area contributed by atoms with Crippen LogP contribution >= 0.6 is 0 Å². The number of nitrogens with zero attached hydrogens (tertiary/aromatic N) is 1. The fourth-order valence-corrected chi connectivity index (χ4v) is 4.11. The predicted octanol–water partition coefficient (Wildman–Crippen LogP) is 0.251. The number of aliphatic hydroxyl groups excluding tert-OH is 1. The van der Waals surface area contributed by atoms with Crippen LogP contribution in [0.15, 0.2) is 0 Å². The molecule has 5 atom stereocenters. The molecule has 4 nitrogen and oxygen atoms in total. The highest BCUT2D eigenvalue weighted by molar-refractivity contribution is 5.78. The Morgan fingerprint density at radius 3 is 2.88 bits per heavy atom. The Labute approximate surface area is 95.6 Å². The molecule has 3 aliphatic rings. The number of rotatable bonds is 2. The molecular formula is C12H19NO3. The molecule has 1 heterocycles. The Bertz CT molecular complexity index is 303. The van der Waals surface area contributed by atoms with E-state index in [1.165, 1.54) is 6.42 Å². The van der Waals surface area contributed by atoms with Crippen molar-refractivity contribution in [3.8, 4) is 0 Å². The van der Waals surface area contributed by atoms with Crippen molar-refractivity contribution in [2.45, 2.75) is 31.4 Å². The summed E-state index contributed by atoms with van der Waals surface area (Å²) in [7, 11) is 1.55. The summed E-state index contributed by atoms with van der Waals surface area (Å²) in [6, 6.07) is 0.0754. The second-order valence-corrected chi connectivity index (χ2v) is 5.55. The number of hydrogen-bond acceptors (Lipinski definition) is 3. The van der Waals surface area contributed by atoms with Gasteiger partial charge in [-0.1, -0.05) is 0 Å². The van der Waals surface area contributed by atoms with Gasteiger partial charge in [-0.2, -0.15) is 0 Å². The molecule has 3 bridgehead atoms. The number of piperidine rings is 1. The first kappa shape index (κ1) is 10.5. The number of carbonyl (C=O) groups is 1. The maximum absolute atomic E-state index is 11.9. The number of likely N-dealkylation sites (tertiary alicyclic amines) is 1. The fourth-order valence-electron chi connectivity index (χ4n) is 4.11. The van der Waals surface area contributed by atoms with Crippen LogP contribution in [-0.4, -0.2) is 48.3 Å². The van der Waals surface area contributed by atoms with Crippen molar-refractivity contribution in [3.63, 3.8) is 0 Å². The number of fused-ring (bicyclic) bond motifs is 2. The summed E-state index contributed by atoms with van der Waals surface area (Å²) in [5.41, 5.74) is 0. The van der Waals surface area contributed by atoms with E-state index in [0.717, 1.165) is 19.4 Å². The van der Waals surface area contributed by atoms with Gasteiger partial charge in [0, 0.05) is 13.7 Å². The van der Waals surface area contributed by atoms with Crippen molar-refractivity contribution in [2.24, 2.45) is 17.8 Å². The lowest BCUT2D eigenvalue weighted by Gasteiger charge is -2.42. The summed E-state index contributed by atoms with van der Waals surface area (Å²) >= 11 is 0. The van der Waals surface area contributed by atoms with Crippen LogP contribution in [0.1, 0.15) is 19.3 Å². The molecule has 0 aromatic heterocycles. The molecule has 0 aromatic rings. The van der Waals surface area contributed by atoms with Crippen molar-refractivity contribution in [1.29, 1.82) is 0 Å². The number of methoxy groups -OCH3 is 1. The summed E-state index contributed by atoms with van der Waals surface area (Å²) in [6.07, 6.45) is 3.12. The van der Waals surface area contributed by atoms with E-state index in [1.807, 2.05) is 4.90 Å². The van der Waals surface area contributed by atoms with Gasteiger partial charge in [0.25, 0.3) is 0 Å². The fraction of sp³-hybridized carbons (Fsp3) is 0.917. The van der Waals surface area contributed by atoms with E-state index in [1.54, 1.807) is 7.11 Å². The summed E-state index contributed by atoms with van der Waals surface area (Å²) in [4.78, 5) is 13.8. The Hall–Kier alpha value is -0.610. The van der Waals surface area contributed by atoms with Crippen molar-refractivity contribution in [3.05, 3.63) is 0 Å². The van der Waals surface area contributed by atoms with Crippen molar-refractivity contribution >= 4 is 5.91 Å². The maximum atomic E-state index is 11.9. The number of hydrogen-bond donors (Lipinski definition) is 1. The van der Waals surface area contributed by atoms with E-state index >= 15 is 0 Å². The smallest absolute Gasteiger partial charge is 0.248 e. The number of carbonyl (C=O) groups excluding carboxylic acids is 1. The molecule has 2 saturated carbocycles. The molecule has 1 N–H and O–H groups in total. The van der Waals surface area contributed by atoms with Gasteiger partial charge in [-0.25, -0.2) is 0 Å². The monoisotopic (exact) mass is 225 g/mol. The third-order valence-corrected chi connectivity index (χ3v) is 4.60. The molecule has 1 aliphatic heterocycles. The summed E-state index contributed by atoms with van der Waals surface area (Å²) in [5.74, 6) is 1.63. The van der Waals surface area contributed by atoms with Gasteiger partial charge in [-0.05, 0) is 37.0 Å². The highest BCUT2D eigenvalue weighted by Crippen LogP contribution is 2.50. The molecule has 1 saturated heterocycles. The van der Waals surface area contributed by atoms with E-state index in [2.05, 4.69) is 0 Å². The van der Waals surface area contributed by atoms with Crippen LogP contribution in [0.2, 0.25) is 0 Å². The average molecular weight is 225 g/mol. The SMILES string of the molecule is COCC(=O)N1CC2C[C@H]3C[C@@H](C2)[C@H](O)C31. The lowest BCUT2D eigenvalue weighted by atomic mass is 9.78. The van der Waals surface area contributed by atoms with Gasteiger partial charge in [0.05, 0.1) is 12.1 Å². The van der Waals surface area contributed by atoms with Crippen molar-refractivity contribution < 1.29 is 14.6 Å². The van der Waals surface area contributed by atoms with Crippen LogP contribution in [0.5, 0.6) is 0 Å². The lowest BCUT2D eigenvalue weighted by molar-refractivity contribution is -0.143. The number of ether oxygens (including phenoxy) is 1. The van der Waals surface area contributed by atoms with Crippen LogP contribution in [0.25, 0.3) is 0 Å². The number of aliphatic hydroxyl groups is 1. The zero-order valence-corrected chi connectivity index (χ0v) is 9.63. The largest absolute Gasteiger partial charge is 0.391 e. The van der Waals surface area contributed by atoms with E-state index in [9.17, 15) is 9.90 Å². The standard InChI is InChI=1S/C12H19NO3/c1-16-6-10(14)13-5-7-2-8-4-9(3-7)12(15)11(8)13/h7-9,11-12,15H,2-6H2,1H3/t7?,8-,9+,11?,12-/m0/s1. The molecule has 3 fully saturated rings. The van der Waals surface area contributed by atoms with Crippen LogP contribution in [0, 0.1) is 17.8 Å². The molecule has 4 heteroatoms. The Balaban J connectivity index is 1.83. The van der Waals surface area contributed by atoms with E-state index < -0.39 is 0 Å². The molecule has 0 radical (unpaired) electrons. The predicted molar refractivity (Wildman–Crippen MR) is 57.7 cm³/mol. The normalized spacial score (nSPS) is 45.1. The zero-order chi connectivity index (χ0) is 11.3. The second-order valence-electron chi connectivity index (χ2n) is 5.55. The average Bonchev–Trinajstić information content (AvgIpc) is 2.41. The molecule has 16 heavy (non-hydrogen) atoms. The van der Waals surface area contributed by atoms with Gasteiger partial charge in [-0.3, -0.25) is 4.79 Å². The van der Waals surface area contributed by atoms with Gasteiger partial charge in [0.2, 0.25) is 5.91 Å². The third-order valence-electron chi connectivity index (χ3n) is 4.60. The zero-order valence-electron chi connectivity index (χ0n) is 9.63. The van der Waals surface area contributed by atoms with Crippen LogP contribution in [0.3, 0.4) is 0 Å². The topological polar surface area (TPSA) is 49.8 Å². The quantitative estimate of drug-likeness (QED) is 0.733. The number of amides is 1. The van der Waals surface area contributed by atoms with Gasteiger partial charge in [-0.15, -0.1) is 0 Å². The molecule has 90 valence electrons. The molecule has 2 aliphatic carbocycles. The van der Waals surface area contributed by atoms with E-state index in [0.29, 0.717) is 17.8 Å². The minimum atomic E-state index is -0.293. The Kier molecular flexibility index (Phi) is 2.44. The Morgan fingerprint density at radius 2 is 2.12 bits per heavy atom. The molecule has 1 amide bonds. The van der Waals surface area contributed by atoms with Gasteiger partial charge >= 0.3 is 0 Å².